The summed E-state index contributed by atoms with van der Waals surface area (Å²) >= 11 is 0. The lowest BCUT2D eigenvalue weighted by atomic mass is 10.2. The number of nitro groups is 1. The van der Waals surface area contributed by atoms with Gasteiger partial charge in [-0.3, -0.25) is 10.1 Å². The first kappa shape index (κ1) is 17.1. The molecule has 0 amide bonds. The largest absolute Gasteiger partial charge is 0.458 e. The van der Waals surface area contributed by atoms with Crippen LogP contribution >= 0.6 is 0 Å². The smallest absolute Gasteiger partial charge is 0.331 e. The number of esters is 1. The van der Waals surface area contributed by atoms with Gasteiger partial charge in [-0.1, -0.05) is 12.1 Å². The van der Waals surface area contributed by atoms with Crippen LogP contribution < -0.4 is 0 Å². The Hall–Kier alpha value is -3.74. The van der Waals surface area contributed by atoms with Crippen LogP contribution in [-0.2, 0) is 16.1 Å². The number of ether oxygens (including phenoxy) is 1. The highest BCUT2D eigenvalue weighted by molar-refractivity contribution is 5.87. The highest BCUT2D eigenvalue weighted by Gasteiger charge is 2.04. The summed E-state index contributed by atoms with van der Waals surface area (Å²) in [6, 6.07) is 15.2. The van der Waals surface area contributed by atoms with Gasteiger partial charge in [-0.2, -0.15) is 5.10 Å². The number of hydrogen-bond donors (Lipinski definition) is 0. The highest BCUT2D eigenvalue weighted by atomic mass is 16.6. The molecule has 26 heavy (non-hydrogen) atoms. The Bertz CT molecular complexity index is 914. The van der Waals surface area contributed by atoms with Gasteiger partial charge >= 0.3 is 5.97 Å². The zero-order chi connectivity index (χ0) is 18.4. The van der Waals surface area contributed by atoms with Gasteiger partial charge in [0.25, 0.3) is 5.69 Å². The molecule has 1 heterocycles. The number of hydrogen-bond acceptors (Lipinski definition) is 5. The van der Waals surface area contributed by atoms with E-state index >= 15 is 0 Å². The molecule has 3 aromatic rings. The molecule has 0 spiro atoms. The second-order valence-corrected chi connectivity index (χ2v) is 5.41. The Morgan fingerprint density at radius 1 is 1.15 bits per heavy atom. The summed E-state index contributed by atoms with van der Waals surface area (Å²) in [5.74, 6) is -0.487. The van der Waals surface area contributed by atoms with E-state index in [4.69, 9.17) is 4.74 Å². The van der Waals surface area contributed by atoms with E-state index in [0.717, 1.165) is 11.3 Å². The molecule has 0 aliphatic heterocycles. The summed E-state index contributed by atoms with van der Waals surface area (Å²) in [5.41, 5.74) is 2.46. The minimum atomic E-state index is -0.487. The van der Waals surface area contributed by atoms with Gasteiger partial charge in [-0.15, -0.1) is 0 Å². The number of aromatic nitrogens is 2. The van der Waals surface area contributed by atoms with Crippen molar-refractivity contribution < 1.29 is 14.5 Å². The van der Waals surface area contributed by atoms with Gasteiger partial charge in [0, 0.05) is 30.6 Å². The number of non-ortho nitro benzene ring substituents is 1. The Kier molecular flexibility index (Phi) is 5.19. The first-order chi connectivity index (χ1) is 12.6. The van der Waals surface area contributed by atoms with Crippen molar-refractivity contribution >= 4 is 17.7 Å². The lowest BCUT2D eigenvalue weighted by Gasteiger charge is -2.05. The second kappa shape index (κ2) is 7.89. The summed E-state index contributed by atoms with van der Waals surface area (Å²) in [4.78, 5) is 21.9. The Labute approximate surface area is 149 Å². The van der Waals surface area contributed by atoms with E-state index in [2.05, 4.69) is 5.10 Å². The third kappa shape index (κ3) is 4.41. The zero-order valence-electron chi connectivity index (χ0n) is 13.7. The maximum absolute atomic E-state index is 11.8. The molecule has 7 nitrogen and oxygen atoms in total. The van der Waals surface area contributed by atoms with E-state index in [1.165, 1.54) is 18.2 Å². The van der Waals surface area contributed by atoms with E-state index in [1.807, 2.05) is 36.5 Å². The average molecular weight is 349 g/mol. The van der Waals surface area contributed by atoms with Crippen LogP contribution in [0.1, 0.15) is 11.1 Å². The van der Waals surface area contributed by atoms with Crippen LogP contribution in [0.2, 0.25) is 0 Å². The van der Waals surface area contributed by atoms with Crippen LogP contribution in [0.3, 0.4) is 0 Å². The Morgan fingerprint density at radius 3 is 2.50 bits per heavy atom. The van der Waals surface area contributed by atoms with Gasteiger partial charge in [0.15, 0.2) is 0 Å². The summed E-state index contributed by atoms with van der Waals surface area (Å²) in [6.45, 7) is 0.156. The fraction of sp³-hybridized carbons (Fsp3) is 0.0526. The molecule has 0 bridgehead atoms. The van der Waals surface area contributed by atoms with Crippen molar-refractivity contribution in [1.82, 2.24) is 9.78 Å². The summed E-state index contributed by atoms with van der Waals surface area (Å²) in [7, 11) is 0. The van der Waals surface area contributed by atoms with Gasteiger partial charge in [0.1, 0.15) is 6.61 Å². The van der Waals surface area contributed by atoms with Crippen LogP contribution in [0.5, 0.6) is 0 Å². The van der Waals surface area contributed by atoms with Crippen molar-refractivity contribution in [1.29, 1.82) is 0 Å². The number of carbonyl (C=O) groups excluding carboxylic acids is 1. The van der Waals surface area contributed by atoms with Crippen molar-refractivity contribution in [3.8, 4) is 5.69 Å². The summed E-state index contributed by atoms with van der Waals surface area (Å²) < 4.78 is 6.92. The second-order valence-electron chi connectivity index (χ2n) is 5.41. The molecule has 0 saturated carbocycles. The quantitative estimate of drug-likeness (QED) is 0.294. The zero-order valence-corrected chi connectivity index (χ0v) is 13.7. The van der Waals surface area contributed by atoms with Gasteiger partial charge in [-0.25, -0.2) is 9.48 Å². The molecular weight excluding hydrogens is 334 g/mol. The number of nitrogens with zero attached hydrogens (tertiary/aromatic N) is 3. The van der Waals surface area contributed by atoms with E-state index in [0.29, 0.717) is 5.56 Å². The minimum Gasteiger partial charge on any atom is -0.458 e. The van der Waals surface area contributed by atoms with E-state index in [1.54, 1.807) is 29.1 Å². The molecule has 3 rings (SSSR count). The van der Waals surface area contributed by atoms with Crippen LogP contribution in [0, 0.1) is 10.1 Å². The Morgan fingerprint density at radius 2 is 1.88 bits per heavy atom. The standard InChI is InChI=1S/C19H15N3O4/c23-19(11-6-15-2-9-18(10-3-15)22(24)25)26-14-16-4-7-17(8-5-16)21-13-1-12-20-21/h1-13H,14H2/b11-6+. The van der Waals surface area contributed by atoms with Gasteiger partial charge in [0.2, 0.25) is 0 Å². The maximum atomic E-state index is 11.8. The fourth-order valence-electron chi connectivity index (χ4n) is 2.24. The minimum absolute atomic E-state index is 0.00304. The average Bonchev–Trinajstić information content (AvgIpc) is 3.20. The van der Waals surface area contributed by atoms with Gasteiger partial charge < -0.3 is 4.74 Å². The van der Waals surface area contributed by atoms with Crippen LogP contribution in [0.25, 0.3) is 11.8 Å². The number of carbonyl (C=O) groups is 1. The van der Waals surface area contributed by atoms with Crippen LogP contribution in [-0.4, -0.2) is 20.7 Å². The lowest BCUT2D eigenvalue weighted by molar-refractivity contribution is -0.384. The van der Waals surface area contributed by atoms with Crippen molar-refractivity contribution in [2.75, 3.05) is 0 Å². The fourth-order valence-corrected chi connectivity index (χ4v) is 2.24. The predicted molar refractivity (Wildman–Crippen MR) is 95.5 cm³/mol. The topological polar surface area (TPSA) is 87.3 Å². The van der Waals surface area contributed by atoms with Gasteiger partial charge in [0.05, 0.1) is 10.6 Å². The number of nitro benzene ring substituents is 1. The monoisotopic (exact) mass is 349 g/mol. The molecule has 2 aromatic carbocycles. The van der Waals surface area contributed by atoms with E-state index in [9.17, 15) is 14.9 Å². The highest BCUT2D eigenvalue weighted by Crippen LogP contribution is 2.13. The first-order valence-corrected chi connectivity index (χ1v) is 7.80. The molecule has 0 radical (unpaired) electrons. The third-order valence-corrected chi connectivity index (χ3v) is 3.60. The Balaban J connectivity index is 1.52. The predicted octanol–water partition coefficient (Wildman–Crippen LogP) is 3.54. The lowest BCUT2D eigenvalue weighted by Crippen LogP contribution is -2.01. The molecule has 7 heteroatoms. The summed E-state index contributed by atoms with van der Waals surface area (Å²) in [5, 5.41) is 14.7. The van der Waals surface area contributed by atoms with Crippen molar-refractivity contribution in [2.45, 2.75) is 6.61 Å². The molecule has 0 saturated heterocycles. The number of rotatable bonds is 6. The maximum Gasteiger partial charge on any atom is 0.331 e. The van der Waals surface area contributed by atoms with E-state index < -0.39 is 10.9 Å². The molecule has 0 aliphatic carbocycles. The van der Waals surface area contributed by atoms with E-state index in [-0.39, 0.29) is 12.3 Å². The molecule has 0 N–H and O–H groups in total. The van der Waals surface area contributed by atoms with Gasteiger partial charge in [-0.05, 0) is 47.5 Å². The van der Waals surface area contributed by atoms with Crippen LogP contribution in [0.15, 0.2) is 73.1 Å². The molecule has 130 valence electrons. The molecule has 0 fully saturated rings. The first-order valence-electron chi connectivity index (χ1n) is 7.80. The molecule has 0 atom stereocenters. The summed E-state index contributed by atoms with van der Waals surface area (Å²) in [6.07, 6.45) is 6.39. The van der Waals surface area contributed by atoms with Crippen molar-refractivity contribution in [2.24, 2.45) is 0 Å². The molecular formula is C19H15N3O4. The number of benzene rings is 2. The van der Waals surface area contributed by atoms with Crippen LogP contribution in [0.4, 0.5) is 5.69 Å². The SMILES string of the molecule is O=C(/C=C/c1ccc([N+](=O)[O-])cc1)OCc1ccc(-n2cccn2)cc1. The molecule has 1 aromatic heterocycles. The van der Waals surface area contributed by atoms with Crippen molar-refractivity contribution in [3.05, 3.63) is 94.3 Å². The third-order valence-electron chi connectivity index (χ3n) is 3.60. The normalized spacial score (nSPS) is 10.8. The molecule has 0 unspecified atom stereocenters. The van der Waals surface area contributed by atoms with Crippen molar-refractivity contribution in [3.63, 3.8) is 0 Å². The molecule has 0 aliphatic rings.